The largest absolute Gasteiger partial charge is 0.497 e. The maximum atomic E-state index is 14.8. The Morgan fingerprint density at radius 2 is 1.77 bits per heavy atom. The topological polar surface area (TPSA) is 99.3 Å². The van der Waals surface area contributed by atoms with Gasteiger partial charge in [-0.1, -0.05) is 50.5 Å². The minimum atomic E-state index is -4.24. The normalized spacial score (nSPS) is 15.0. The van der Waals surface area contributed by atoms with E-state index in [1.165, 1.54) is 44.3 Å². The van der Waals surface area contributed by atoms with Gasteiger partial charge < -0.3 is 15.0 Å². The molecule has 1 unspecified atom stereocenters. The lowest BCUT2D eigenvalue weighted by Crippen LogP contribution is -2.54. The lowest BCUT2D eigenvalue weighted by Gasteiger charge is -2.35. The van der Waals surface area contributed by atoms with Crippen LogP contribution in [-0.4, -0.2) is 69.3 Å². The van der Waals surface area contributed by atoms with Crippen molar-refractivity contribution in [3.8, 4) is 5.75 Å². The van der Waals surface area contributed by atoms with Crippen molar-refractivity contribution in [2.45, 2.75) is 64.1 Å². The minimum Gasteiger partial charge on any atom is -0.497 e. The van der Waals surface area contributed by atoms with Crippen LogP contribution in [0, 0.1) is 5.82 Å². The lowest BCUT2D eigenvalue weighted by molar-refractivity contribution is -0.140. The number of hydrogen-bond donors (Lipinski definition) is 1. The number of halogens is 1. The van der Waals surface area contributed by atoms with Crippen molar-refractivity contribution in [1.82, 2.24) is 14.5 Å². The summed E-state index contributed by atoms with van der Waals surface area (Å²) in [5, 5.41) is 3.10. The van der Waals surface area contributed by atoms with Crippen LogP contribution in [0.3, 0.4) is 0 Å². The van der Waals surface area contributed by atoms with E-state index in [0.29, 0.717) is 17.7 Å². The van der Waals surface area contributed by atoms with Crippen molar-refractivity contribution in [1.29, 1.82) is 0 Å². The van der Waals surface area contributed by atoms with Gasteiger partial charge in [0.2, 0.25) is 11.8 Å². The van der Waals surface area contributed by atoms with E-state index in [1.807, 2.05) is 6.92 Å². The third-order valence-corrected chi connectivity index (χ3v) is 8.77. The molecule has 2 aromatic carbocycles. The molecule has 1 aliphatic carbocycles. The maximum Gasteiger partial charge on any atom is 0.304 e. The molecule has 0 aromatic heterocycles. The van der Waals surface area contributed by atoms with Crippen molar-refractivity contribution in [3.05, 3.63) is 59.9 Å². The van der Waals surface area contributed by atoms with Crippen LogP contribution in [0.1, 0.15) is 51.0 Å². The first-order valence-electron chi connectivity index (χ1n) is 13.3. The zero-order chi connectivity index (χ0) is 28.6. The highest BCUT2D eigenvalue weighted by molar-refractivity contribution is 7.90. The van der Waals surface area contributed by atoms with Gasteiger partial charge in [0.1, 0.15) is 24.2 Å². The standard InChI is InChI=1S/C28H39FN4O5S/c1-5-25(28(35)30-22-13-7-6-8-14-22)32(19-21-12-11-15-23(18-21)38-4)27(34)20-33(39(36,37)31(2)3)26-17-10-9-16-24(26)29/h9-12,15-18,22,25H,5-8,13-14,19-20H2,1-4H3,(H,30,35). The van der Waals surface area contributed by atoms with Crippen LogP contribution in [-0.2, 0) is 26.3 Å². The molecule has 39 heavy (non-hydrogen) atoms. The number of carbonyl (C=O) groups is 2. The fraction of sp³-hybridized carbons (Fsp3) is 0.500. The average molecular weight is 563 g/mol. The quantitative estimate of drug-likeness (QED) is 0.425. The first-order valence-corrected chi connectivity index (χ1v) is 14.7. The van der Waals surface area contributed by atoms with E-state index in [4.69, 9.17) is 4.74 Å². The van der Waals surface area contributed by atoms with Crippen LogP contribution in [0.2, 0.25) is 0 Å². The molecule has 2 aromatic rings. The van der Waals surface area contributed by atoms with E-state index in [2.05, 4.69) is 5.32 Å². The average Bonchev–Trinajstić information content (AvgIpc) is 2.92. The lowest BCUT2D eigenvalue weighted by atomic mass is 9.95. The molecular formula is C28H39FN4O5S. The van der Waals surface area contributed by atoms with Gasteiger partial charge in [0.25, 0.3) is 0 Å². The van der Waals surface area contributed by atoms with Crippen molar-refractivity contribution < 1.29 is 27.1 Å². The molecule has 9 nitrogen and oxygen atoms in total. The van der Waals surface area contributed by atoms with Gasteiger partial charge in [0, 0.05) is 26.7 Å². The van der Waals surface area contributed by atoms with E-state index >= 15 is 0 Å². The Balaban J connectivity index is 1.98. The monoisotopic (exact) mass is 562 g/mol. The highest BCUT2D eigenvalue weighted by atomic mass is 32.2. The van der Waals surface area contributed by atoms with Crippen molar-refractivity contribution in [3.63, 3.8) is 0 Å². The molecule has 0 aliphatic heterocycles. The van der Waals surface area contributed by atoms with E-state index in [1.54, 1.807) is 24.3 Å². The smallest absolute Gasteiger partial charge is 0.304 e. The second kappa shape index (κ2) is 13.7. The van der Waals surface area contributed by atoms with Gasteiger partial charge in [-0.25, -0.2) is 8.70 Å². The van der Waals surface area contributed by atoms with Gasteiger partial charge in [-0.3, -0.25) is 9.59 Å². The molecule has 0 heterocycles. The number of para-hydroxylation sites is 1. The number of anilines is 1. The first kappa shape index (κ1) is 30.4. The molecule has 1 saturated carbocycles. The number of carbonyl (C=O) groups excluding carboxylic acids is 2. The van der Waals surface area contributed by atoms with E-state index < -0.39 is 34.5 Å². The summed E-state index contributed by atoms with van der Waals surface area (Å²) in [5.41, 5.74) is 0.458. The Hall–Kier alpha value is -3.18. The number of amides is 2. The Labute approximate surface area is 231 Å². The molecule has 214 valence electrons. The highest BCUT2D eigenvalue weighted by Gasteiger charge is 2.35. The van der Waals surface area contributed by atoms with Crippen LogP contribution in [0.4, 0.5) is 10.1 Å². The molecule has 1 aliphatic rings. The summed E-state index contributed by atoms with van der Waals surface area (Å²) in [6, 6.07) is 11.7. The Kier molecular flexibility index (Phi) is 10.7. The maximum absolute atomic E-state index is 14.8. The minimum absolute atomic E-state index is 0.0399. The molecule has 1 fully saturated rings. The second-order valence-corrected chi connectivity index (χ2v) is 12.0. The van der Waals surface area contributed by atoms with Crippen molar-refractivity contribution in [2.24, 2.45) is 0 Å². The Morgan fingerprint density at radius 1 is 1.08 bits per heavy atom. The molecule has 3 rings (SSSR count). The number of hydrogen-bond acceptors (Lipinski definition) is 5. The van der Waals surface area contributed by atoms with Crippen LogP contribution >= 0.6 is 0 Å². The zero-order valence-electron chi connectivity index (χ0n) is 23.1. The summed E-state index contributed by atoms with van der Waals surface area (Å²) in [6.45, 7) is 1.17. The summed E-state index contributed by atoms with van der Waals surface area (Å²) < 4.78 is 48.3. The predicted molar refractivity (Wildman–Crippen MR) is 149 cm³/mol. The molecule has 1 atom stereocenters. The van der Waals surface area contributed by atoms with Crippen molar-refractivity contribution in [2.75, 3.05) is 32.1 Å². The zero-order valence-corrected chi connectivity index (χ0v) is 23.9. The number of rotatable bonds is 12. The number of ether oxygens (including phenoxy) is 1. The van der Waals surface area contributed by atoms with E-state index in [0.717, 1.165) is 46.8 Å². The number of methoxy groups -OCH3 is 1. The summed E-state index contributed by atoms with van der Waals surface area (Å²) in [7, 11) is -0.0815. The summed E-state index contributed by atoms with van der Waals surface area (Å²) in [6.07, 6.45) is 5.29. The first-order chi connectivity index (χ1) is 18.6. The number of nitrogens with one attached hydrogen (secondary N) is 1. The number of benzene rings is 2. The third kappa shape index (κ3) is 7.69. The van der Waals surface area contributed by atoms with Crippen molar-refractivity contribution >= 4 is 27.7 Å². The molecule has 0 bridgehead atoms. The molecule has 2 amide bonds. The third-order valence-electron chi connectivity index (χ3n) is 6.96. The Morgan fingerprint density at radius 3 is 2.38 bits per heavy atom. The molecule has 0 saturated heterocycles. The van der Waals surface area contributed by atoms with E-state index in [9.17, 15) is 22.4 Å². The highest BCUT2D eigenvalue weighted by Crippen LogP contribution is 2.25. The molecule has 11 heteroatoms. The molecule has 1 N–H and O–H groups in total. The van der Waals surface area contributed by atoms with Gasteiger partial charge in [-0.05, 0) is 49.1 Å². The molecular weight excluding hydrogens is 523 g/mol. The number of nitrogens with zero attached hydrogens (tertiary/aromatic N) is 3. The van der Waals surface area contributed by atoms with Crippen LogP contribution < -0.4 is 14.4 Å². The summed E-state index contributed by atoms with van der Waals surface area (Å²) in [4.78, 5) is 28.8. The Bertz CT molecular complexity index is 1230. The van der Waals surface area contributed by atoms with Gasteiger partial charge in [0.15, 0.2) is 0 Å². The van der Waals surface area contributed by atoms with Crippen LogP contribution in [0.15, 0.2) is 48.5 Å². The summed E-state index contributed by atoms with van der Waals surface area (Å²) in [5.74, 6) is -1.11. The predicted octanol–water partition coefficient (Wildman–Crippen LogP) is 3.70. The fourth-order valence-corrected chi connectivity index (χ4v) is 5.85. The van der Waals surface area contributed by atoms with Gasteiger partial charge in [0.05, 0.1) is 12.8 Å². The van der Waals surface area contributed by atoms with Gasteiger partial charge >= 0.3 is 10.2 Å². The van der Waals surface area contributed by atoms with Crippen LogP contribution in [0.5, 0.6) is 5.75 Å². The summed E-state index contributed by atoms with van der Waals surface area (Å²) >= 11 is 0. The second-order valence-electron chi connectivity index (χ2n) is 9.89. The SMILES string of the molecule is CCC(C(=O)NC1CCCCC1)N(Cc1cccc(OC)c1)C(=O)CN(c1ccccc1F)S(=O)(=O)N(C)C. The van der Waals surface area contributed by atoms with Gasteiger partial charge in [-0.15, -0.1) is 0 Å². The van der Waals surface area contributed by atoms with E-state index in [-0.39, 0.29) is 24.2 Å². The molecule has 0 radical (unpaired) electrons. The van der Waals surface area contributed by atoms with Crippen LogP contribution in [0.25, 0.3) is 0 Å². The van der Waals surface area contributed by atoms with Gasteiger partial charge in [-0.2, -0.15) is 12.7 Å². The fourth-order valence-electron chi connectivity index (χ4n) is 4.79. The molecule has 0 spiro atoms.